The van der Waals surface area contributed by atoms with Crippen molar-refractivity contribution in [3.05, 3.63) is 29.3 Å². The molecule has 0 aliphatic rings. The van der Waals surface area contributed by atoms with Gasteiger partial charge in [0.2, 0.25) is 0 Å². The number of sulfone groups is 1. The van der Waals surface area contributed by atoms with Crippen molar-refractivity contribution in [2.75, 3.05) is 6.54 Å². The molecular formula is C14H22ClNO2S. The minimum absolute atomic E-state index is 0.0518. The second kappa shape index (κ2) is 6.25. The van der Waals surface area contributed by atoms with Crippen LogP contribution in [-0.2, 0) is 9.84 Å². The minimum atomic E-state index is -3.31. The Morgan fingerprint density at radius 1 is 1.26 bits per heavy atom. The van der Waals surface area contributed by atoms with Gasteiger partial charge in [0.25, 0.3) is 0 Å². The molecule has 0 saturated carbocycles. The molecule has 0 radical (unpaired) electrons. The number of nitrogens with one attached hydrogen (secondary N) is 1. The second-order valence-corrected chi connectivity index (χ2v) is 8.23. The molecular weight excluding hydrogens is 282 g/mol. The van der Waals surface area contributed by atoms with Crippen molar-refractivity contribution in [2.45, 2.75) is 49.8 Å². The molecule has 1 rings (SSSR count). The SMILES string of the molecule is CCC(C)(C)NCC(C)S(=O)(=O)c1ccc(Cl)cc1. The van der Waals surface area contributed by atoms with Crippen LogP contribution in [0.2, 0.25) is 5.02 Å². The topological polar surface area (TPSA) is 46.2 Å². The zero-order chi connectivity index (χ0) is 14.7. The highest BCUT2D eigenvalue weighted by molar-refractivity contribution is 7.92. The van der Waals surface area contributed by atoms with Crippen molar-refractivity contribution < 1.29 is 8.42 Å². The lowest BCUT2D eigenvalue weighted by Crippen LogP contribution is -2.44. The maximum Gasteiger partial charge on any atom is 0.182 e. The number of benzene rings is 1. The van der Waals surface area contributed by atoms with Crippen molar-refractivity contribution >= 4 is 21.4 Å². The van der Waals surface area contributed by atoms with E-state index in [0.29, 0.717) is 16.5 Å². The van der Waals surface area contributed by atoms with Crippen LogP contribution in [-0.4, -0.2) is 25.8 Å². The third-order valence-corrected chi connectivity index (χ3v) is 5.83. The highest BCUT2D eigenvalue weighted by Gasteiger charge is 2.25. The van der Waals surface area contributed by atoms with Crippen LogP contribution in [0.15, 0.2) is 29.2 Å². The molecule has 1 N–H and O–H groups in total. The van der Waals surface area contributed by atoms with Gasteiger partial charge < -0.3 is 5.32 Å². The van der Waals surface area contributed by atoms with E-state index in [2.05, 4.69) is 26.1 Å². The molecule has 1 aromatic carbocycles. The summed E-state index contributed by atoms with van der Waals surface area (Å²) < 4.78 is 24.7. The zero-order valence-electron chi connectivity index (χ0n) is 11.9. The number of hydrogen-bond donors (Lipinski definition) is 1. The second-order valence-electron chi connectivity index (χ2n) is 5.43. The normalized spacial score (nSPS) is 14.4. The first-order valence-electron chi connectivity index (χ1n) is 6.43. The van der Waals surface area contributed by atoms with Gasteiger partial charge in [0.1, 0.15) is 0 Å². The van der Waals surface area contributed by atoms with Crippen LogP contribution in [0.3, 0.4) is 0 Å². The fourth-order valence-corrected chi connectivity index (χ4v) is 2.92. The molecule has 1 aromatic rings. The molecule has 0 heterocycles. The molecule has 0 amide bonds. The van der Waals surface area contributed by atoms with Crippen molar-refractivity contribution in [3.63, 3.8) is 0 Å². The summed E-state index contributed by atoms with van der Waals surface area (Å²) in [5, 5.41) is 3.36. The summed E-state index contributed by atoms with van der Waals surface area (Å²) in [6.45, 7) is 8.36. The predicted molar refractivity (Wildman–Crippen MR) is 80.5 cm³/mol. The summed E-state index contributed by atoms with van der Waals surface area (Å²) in [4.78, 5) is 0.320. The Balaban J connectivity index is 2.80. The van der Waals surface area contributed by atoms with Gasteiger partial charge in [0.05, 0.1) is 10.1 Å². The van der Waals surface area contributed by atoms with E-state index in [1.54, 1.807) is 31.2 Å². The molecule has 108 valence electrons. The average Bonchev–Trinajstić information content (AvgIpc) is 2.36. The summed E-state index contributed by atoms with van der Waals surface area (Å²) in [6, 6.07) is 6.31. The Morgan fingerprint density at radius 2 is 1.79 bits per heavy atom. The van der Waals surface area contributed by atoms with Crippen LogP contribution in [0.1, 0.15) is 34.1 Å². The van der Waals surface area contributed by atoms with Gasteiger partial charge in [-0.05, 0) is 51.5 Å². The molecule has 0 saturated heterocycles. The molecule has 19 heavy (non-hydrogen) atoms. The third-order valence-electron chi connectivity index (χ3n) is 3.42. The van der Waals surface area contributed by atoms with Gasteiger partial charge in [0.15, 0.2) is 9.84 Å². The molecule has 0 aliphatic heterocycles. The molecule has 3 nitrogen and oxygen atoms in total. The fourth-order valence-electron chi connectivity index (χ4n) is 1.51. The molecule has 0 bridgehead atoms. The van der Waals surface area contributed by atoms with Crippen LogP contribution >= 0.6 is 11.6 Å². The monoisotopic (exact) mass is 303 g/mol. The van der Waals surface area contributed by atoms with Crippen molar-refractivity contribution in [1.82, 2.24) is 5.32 Å². The van der Waals surface area contributed by atoms with Gasteiger partial charge in [-0.1, -0.05) is 18.5 Å². The molecule has 0 aliphatic carbocycles. The van der Waals surface area contributed by atoms with Crippen LogP contribution in [0.25, 0.3) is 0 Å². The van der Waals surface area contributed by atoms with Crippen molar-refractivity contribution in [3.8, 4) is 0 Å². The van der Waals surface area contributed by atoms with Gasteiger partial charge in [0, 0.05) is 17.1 Å². The summed E-state index contributed by atoms with van der Waals surface area (Å²) >= 11 is 5.77. The summed E-state index contributed by atoms with van der Waals surface area (Å²) in [6.07, 6.45) is 0.945. The Kier molecular flexibility index (Phi) is 5.42. The van der Waals surface area contributed by atoms with Gasteiger partial charge in [-0.25, -0.2) is 8.42 Å². The van der Waals surface area contributed by atoms with E-state index >= 15 is 0 Å². The predicted octanol–water partition coefficient (Wildman–Crippen LogP) is 3.28. The van der Waals surface area contributed by atoms with Crippen molar-refractivity contribution in [2.24, 2.45) is 0 Å². The fraction of sp³-hybridized carbons (Fsp3) is 0.571. The van der Waals surface area contributed by atoms with Crippen LogP contribution in [0.4, 0.5) is 0 Å². The van der Waals surface area contributed by atoms with E-state index in [-0.39, 0.29) is 5.54 Å². The molecule has 1 unspecified atom stereocenters. The average molecular weight is 304 g/mol. The number of hydrogen-bond acceptors (Lipinski definition) is 3. The summed E-state index contributed by atoms with van der Waals surface area (Å²) in [5.74, 6) is 0. The first-order valence-corrected chi connectivity index (χ1v) is 8.36. The maximum absolute atomic E-state index is 12.4. The quantitative estimate of drug-likeness (QED) is 0.877. The Bertz CT molecular complexity index is 509. The molecule has 0 spiro atoms. The van der Waals surface area contributed by atoms with Gasteiger partial charge >= 0.3 is 0 Å². The van der Waals surface area contributed by atoms with E-state index in [9.17, 15) is 8.42 Å². The summed E-state index contributed by atoms with van der Waals surface area (Å²) in [5.41, 5.74) is -0.0518. The molecule has 0 aromatic heterocycles. The minimum Gasteiger partial charge on any atom is -0.311 e. The van der Waals surface area contributed by atoms with Crippen LogP contribution in [0, 0.1) is 0 Å². The number of rotatable bonds is 6. The lowest BCUT2D eigenvalue weighted by molar-refractivity contribution is 0.377. The first kappa shape index (κ1) is 16.5. The van der Waals surface area contributed by atoms with E-state index in [0.717, 1.165) is 6.42 Å². The Hall–Kier alpha value is -0.580. The standard InChI is InChI=1S/C14H22ClNO2S/c1-5-14(3,4)16-10-11(2)19(17,18)13-8-6-12(15)7-9-13/h6-9,11,16H,5,10H2,1-4H3. The molecule has 0 fully saturated rings. The highest BCUT2D eigenvalue weighted by atomic mass is 35.5. The maximum atomic E-state index is 12.4. The van der Waals surface area contributed by atoms with Gasteiger partial charge in [-0.3, -0.25) is 0 Å². The van der Waals surface area contributed by atoms with Crippen LogP contribution in [0.5, 0.6) is 0 Å². The largest absolute Gasteiger partial charge is 0.311 e. The third kappa shape index (κ3) is 4.48. The molecule has 5 heteroatoms. The Labute approximate surface area is 121 Å². The smallest absolute Gasteiger partial charge is 0.182 e. The Morgan fingerprint density at radius 3 is 2.26 bits per heavy atom. The van der Waals surface area contributed by atoms with Crippen molar-refractivity contribution in [1.29, 1.82) is 0 Å². The van der Waals surface area contributed by atoms with Gasteiger partial charge in [-0.15, -0.1) is 0 Å². The molecule has 1 atom stereocenters. The van der Waals surface area contributed by atoms with E-state index in [1.165, 1.54) is 0 Å². The van der Waals surface area contributed by atoms with E-state index in [4.69, 9.17) is 11.6 Å². The zero-order valence-corrected chi connectivity index (χ0v) is 13.5. The van der Waals surface area contributed by atoms with Gasteiger partial charge in [-0.2, -0.15) is 0 Å². The summed E-state index contributed by atoms with van der Waals surface area (Å²) in [7, 11) is -3.31. The number of halogens is 1. The lowest BCUT2D eigenvalue weighted by Gasteiger charge is -2.26. The van der Waals surface area contributed by atoms with E-state index in [1.807, 2.05) is 0 Å². The first-order chi connectivity index (χ1) is 8.69. The van der Waals surface area contributed by atoms with E-state index < -0.39 is 15.1 Å². The highest BCUT2D eigenvalue weighted by Crippen LogP contribution is 2.19. The lowest BCUT2D eigenvalue weighted by atomic mass is 10.0. The van der Waals surface area contributed by atoms with Crippen LogP contribution < -0.4 is 5.32 Å².